The first-order valence-electron chi connectivity index (χ1n) is 11.2. The van der Waals surface area contributed by atoms with Crippen LogP contribution in [0.25, 0.3) is 0 Å². The number of carbonyl (C=O) groups excluding carboxylic acids is 1. The molecule has 0 fully saturated rings. The summed E-state index contributed by atoms with van der Waals surface area (Å²) in [6.07, 6.45) is 20.6. The number of unbranched alkanes of at least 4 members (excludes halogenated alkanes) is 14. The van der Waals surface area contributed by atoms with Gasteiger partial charge < -0.3 is 14.9 Å². The third-order valence-electron chi connectivity index (χ3n) is 4.48. The van der Waals surface area contributed by atoms with Gasteiger partial charge in [-0.05, 0) is 19.3 Å². The first-order valence-corrected chi connectivity index (χ1v) is 11.2. The Labute approximate surface area is 168 Å². The lowest BCUT2D eigenvalue weighted by atomic mass is 10.1. The Morgan fingerprint density at radius 1 is 0.704 bits per heavy atom. The molecule has 0 aromatic heterocycles. The van der Waals surface area contributed by atoms with Gasteiger partial charge in [0.2, 0.25) is 0 Å². The minimum absolute atomic E-state index is 0.307. The van der Waals surface area contributed by atoms with Gasteiger partial charge in [-0.3, -0.25) is 0 Å². The Morgan fingerprint density at radius 3 is 1.44 bits per heavy atom. The highest BCUT2D eigenvalue weighted by Crippen LogP contribution is 2.09. The molecule has 0 aromatic carbocycles. The van der Waals surface area contributed by atoms with Crippen molar-refractivity contribution in [1.82, 2.24) is 0 Å². The van der Waals surface area contributed by atoms with E-state index in [-0.39, 0.29) is 5.97 Å². The van der Waals surface area contributed by atoms with Gasteiger partial charge in [-0.25, -0.2) is 4.79 Å². The molecule has 2 N–H and O–H groups in total. The lowest BCUT2D eigenvalue weighted by molar-refractivity contribution is -0.137. The highest BCUT2D eigenvalue weighted by molar-refractivity contribution is 5.81. The molecule has 0 unspecified atom stereocenters. The van der Waals surface area contributed by atoms with Crippen LogP contribution >= 0.6 is 0 Å². The first-order chi connectivity index (χ1) is 13.2. The van der Waals surface area contributed by atoms with Gasteiger partial charge in [-0.2, -0.15) is 0 Å². The number of rotatable bonds is 19. The molecule has 4 nitrogen and oxygen atoms in total. The zero-order valence-corrected chi connectivity index (χ0v) is 17.9. The van der Waals surface area contributed by atoms with Crippen molar-refractivity contribution in [3.8, 4) is 0 Å². The minimum atomic E-state index is -0.307. The number of ether oxygens (including phenoxy) is 1. The fourth-order valence-electron chi connectivity index (χ4n) is 2.75. The van der Waals surface area contributed by atoms with Crippen molar-refractivity contribution in [1.29, 1.82) is 0 Å². The molecule has 0 bridgehead atoms. The molecular formula is C23H46O4. The van der Waals surface area contributed by atoms with Crippen LogP contribution in [0.1, 0.15) is 110 Å². The second-order valence-corrected chi connectivity index (χ2v) is 7.12. The van der Waals surface area contributed by atoms with Gasteiger partial charge >= 0.3 is 5.97 Å². The topological polar surface area (TPSA) is 66.8 Å². The quantitative estimate of drug-likeness (QED) is 0.164. The maximum absolute atomic E-state index is 10.7. The lowest BCUT2D eigenvalue weighted by Crippen LogP contribution is -2.01. The fourth-order valence-corrected chi connectivity index (χ4v) is 2.75. The van der Waals surface area contributed by atoms with Crippen LogP contribution in [0.15, 0.2) is 12.7 Å². The summed E-state index contributed by atoms with van der Waals surface area (Å²) in [5, 5.41) is 17.0. The summed E-state index contributed by atoms with van der Waals surface area (Å²) in [6, 6.07) is 0. The monoisotopic (exact) mass is 386 g/mol. The Morgan fingerprint density at radius 2 is 1.07 bits per heavy atom. The highest BCUT2D eigenvalue weighted by Gasteiger charge is 1.95. The van der Waals surface area contributed by atoms with Crippen molar-refractivity contribution in [2.45, 2.75) is 110 Å². The number of hydrogen-bond donors (Lipinski definition) is 2. The van der Waals surface area contributed by atoms with E-state index in [2.05, 4.69) is 13.5 Å². The zero-order valence-electron chi connectivity index (χ0n) is 17.9. The second-order valence-electron chi connectivity index (χ2n) is 7.12. The SMILES string of the molecule is C=CC(=O)OCCCCCCCCCC.OCCCCCCCCCCO. The molecule has 0 rings (SSSR count). The molecule has 0 amide bonds. The van der Waals surface area contributed by atoms with Gasteiger partial charge in [0.15, 0.2) is 0 Å². The molecule has 27 heavy (non-hydrogen) atoms. The van der Waals surface area contributed by atoms with Crippen molar-refractivity contribution in [2.24, 2.45) is 0 Å². The van der Waals surface area contributed by atoms with Gasteiger partial charge in [0.05, 0.1) is 6.61 Å². The van der Waals surface area contributed by atoms with E-state index in [1.165, 1.54) is 70.3 Å². The van der Waals surface area contributed by atoms with E-state index in [0.29, 0.717) is 19.8 Å². The average molecular weight is 387 g/mol. The number of aliphatic hydroxyl groups is 2. The summed E-state index contributed by atoms with van der Waals surface area (Å²) >= 11 is 0. The van der Waals surface area contributed by atoms with Crippen LogP contribution in [0.4, 0.5) is 0 Å². The normalized spacial score (nSPS) is 10.2. The summed E-state index contributed by atoms with van der Waals surface area (Å²) in [7, 11) is 0. The Kier molecular flexibility index (Phi) is 28.7. The summed E-state index contributed by atoms with van der Waals surface area (Å²) in [5.41, 5.74) is 0. The van der Waals surface area contributed by atoms with Gasteiger partial charge in [0.25, 0.3) is 0 Å². The molecule has 0 aliphatic heterocycles. The van der Waals surface area contributed by atoms with Crippen molar-refractivity contribution >= 4 is 5.97 Å². The van der Waals surface area contributed by atoms with E-state index in [4.69, 9.17) is 14.9 Å². The van der Waals surface area contributed by atoms with Gasteiger partial charge in [0.1, 0.15) is 0 Å². The van der Waals surface area contributed by atoms with E-state index in [9.17, 15) is 4.79 Å². The molecule has 0 aliphatic carbocycles. The lowest BCUT2D eigenvalue weighted by Gasteiger charge is -2.02. The van der Waals surface area contributed by atoms with E-state index < -0.39 is 0 Å². The molecule has 0 spiro atoms. The van der Waals surface area contributed by atoms with E-state index in [1.54, 1.807) is 0 Å². The summed E-state index contributed by atoms with van der Waals surface area (Å²) in [4.78, 5) is 10.7. The van der Waals surface area contributed by atoms with Crippen LogP contribution in [0, 0.1) is 0 Å². The predicted molar refractivity (Wildman–Crippen MR) is 115 cm³/mol. The molecule has 4 heteroatoms. The van der Waals surface area contributed by atoms with Crippen LogP contribution in [0.5, 0.6) is 0 Å². The summed E-state index contributed by atoms with van der Waals surface area (Å²) < 4.78 is 4.88. The standard InChI is InChI=1S/C13H24O2.C10H22O2/c1-3-5-6-7-8-9-10-11-12-15-13(14)4-2;11-9-7-5-3-1-2-4-6-8-10-12/h4H,2-3,5-12H2,1H3;11-12H,1-10H2. The maximum atomic E-state index is 10.7. The van der Waals surface area contributed by atoms with Crippen LogP contribution < -0.4 is 0 Å². The smallest absolute Gasteiger partial charge is 0.330 e. The Hall–Kier alpha value is -0.870. The van der Waals surface area contributed by atoms with Crippen molar-refractivity contribution in [3.05, 3.63) is 12.7 Å². The Bertz CT molecular complexity index is 282. The number of aliphatic hydroxyl groups excluding tert-OH is 2. The van der Waals surface area contributed by atoms with Crippen LogP contribution in [-0.2, 0) is 9.53 Å². The summed E-state index contributed by atoms with van der Waals surface area (Å²) in [6.45, 7) is 6.79. The summed E-state index contributed by atoms with van der Waals surface area (Å²) in [5.74, 6) is -0.307. The van der Waals surface area contributed by atoms with Gasteiger partial charge in [-0.15, -0.1) is 0 Å². The van der Waals surface area contributed by atoms with Crippen molar-refractivity contribution in [3.63, 3.8) is 0 Å². The predicted octanol–water partition coefficient (Wildman–Crippen LogP) is 5.95. The Balaban J connectivity index is 0. The number of hydrogen-bond acceptors (Lipinski definition) is 4. The van der Waals surface area contributed by atoms with Crippen molar-refractivity contribution in [2.75, 3.05) is 19.8 Å². The highest BCUT2D eigenvalue weighted by atomic mass is 16.5. The third kappa shape index (κ3) is 30.1. The molecule has 0 saturated heterocycles. The van der Waals surface area contributed by atoms with Crippen molar-refractivity contribution < 1.29 is 19.7 Å². The molecule has 0 atom stereocenters. The number of esters is 1. The van der Waals surface area contributed by atoms with Gasteiger partial charge in [0, 0.05) is 19.3 Å². The largest absolute Gasteiger partial charge is 0.463 e. The zero-order chi connectivity index (χ0) is 20.4. The first kappa shape index (κ1) is 28.3. The van der Waals surface area contributed by atoms with Crippen LogP contribution in [0.3, 0.4) is 0 Å². The molecule has 0 aromatic rings. The third-order valence-corrected chi connectivity index (χ3v) is 4.48. The molecule has 162 valence electrons. The van der Waals surface area contributed by atoms with E-state index in [0.717, 1.165) is 38.5 Å². The maximum Gasteiger partial charge on any atom is 0.330 e. The average Bonchev–Trinajstić information content (AvgIpc) is 2.69. The molecular weight excluding hydrogens is 340 g/mol. The van der Waals surface area contributed by atoms with E-state index >= 15 is 0 Å². The fraction of sp³-hybridized carbons (Fsp3) is 0.870. The molecule has 0 saturated carbocycles. The van der Waals surface area contributed by atoms with Crippen LogP contribution in [-0.4, -0.2) is 36.0 Å². The van der Waals surface area contributed by atoms with Gasteiger partial charge in [-0.1, -0.05) is 97.0 Å². The number of carbonyl (C=O) groups is 1. The van der Waals surface area contributed by atoms with Crippen LogP contribution in [0.2, 0.25) is 0 Å². The molecule has 0 aliphatic rings. The molecule has 0 heterocycles. The second kappa shape index (κ2) is 27.3. The van der Waals surface area contributed by atoms with E-state index in [1.807, 2.05) is 0 Å². The molecule has 0 radical (unpaired) electrons. The minimum Gasteiger partial charge on any atom is -0.463 e.